The summed E-state index contributed by atoms with van der Waals surface area (Å²) in [6.45, 7) is 1.81. The average molecular weight is 421 g/mol. The van der Waals surface area contributed by atoms with Crippen LogP contribution in [0.15, 0.2) is 54.6 Å². The minimum atomic E-state index is -0.606. The summed E-state index contributed by atoms with van der Waals surface area (Å²) in [4.78, 5) is 30.0. The number of piperidine rings is 1. The van der Waals surface area contributed by atoms with Crippen LogP contribution >= 0.6 is 0 Å². The number of carbonyl (C=O) groups is 2. The molecule has 0 bridgehead atoms. The summed E-state index contributed by atoms with van der Waals surface area (Å²) < 4.78 is 5.64. The van der Waals surface area contributed by atoms with E-state index in [-0.39, 0.29) is 17.9 Å². The molecule has 4 rings (SSSR count). The Bertz CT molecular complexity index is 921. The number of amides is 2. The molecular weight excluding hydrogens is 388 g/mol. The van der Waals surface area contributed by atoms with Crippen LogP contribution in [-0.2, 0) is 20.7 Å². The molecule has 0 aromatic heterocycles. The molecule has 2 saturated heterocycles. The van der Waals surface area contributed by atoms with E-state index in [4.69, 9.17) is 4.74 Å². The van der Waals surface area contributed by atoms with Crippen molar-refractivity contribution in [2.24, 2.45) is 5.41 Å². The van der Waals surface area contributed by atoms with Crippen LogP contribution in [0.1, 0.15) is 31.2 Å². The van der Waals surface area contributed by atoms with Crippen LogP contribution in [0.2, 0.25) is 0 Å². The van der Waals surface area contributed by atoms with Gasteiger partial charge in [0, 0.05) is 33.8 Å². The average Bonchev–Trinajstić information content (AvgIpc) is 3.34. The summed E-state index contributed by atoms with van der Waals surface area (Å²) in [5, 5.41) is 0. The maximum absolute atomic E-state index is 13.4. The van der Waals surface area contributed by atoms with Gasteiger partial charge in [0.1, 0.15) is 6.10 Å². The zero-order valence-corrected chi connectivity index (χ0v) is 18.5. The Morgan fingerprint density at radius 3 is 2.55 bits per heavy atom. The highest BCUT2D eigenvalue weighted by molar-refractivity contribution is 5.86. The highest BCUT2D eigenvalue weighted by Crippen LogP contribution is 2.37. The molecule has 164 valence electrons. The Kier molecular flexibility index (Phi) is 6.42. The molecule has 2 amide bonds. The standard InChI is InChI=1S/C26H32N2O3/c1-27(2)25(30)26(14-8-15-28(19-26)24(29)23-13-7-16-31-23)18-20-9-6-12-22(17-20)21-10-4-3-5-11-21/h3-6,9-12,17,23H,7-8,13-16,18-19H2,1-2H3/t23-,26+/m1/s1. The van der Waals surface area contributed by atoms with E-state index in [0.717, 1.165) is 42.4 Å². The third-order valence-corrected chi connectivity index (χ3v) is 6.53. The number of benzene rings is 2. The van der Waals surface area contributed by atoms with E-state index in [2.05, 4.69) is 36.4 Å². The highest BCUT2D eigenvalue weighted by atomic mass is 16.5. The number of hydrogen-bond acceptors (Lipinski definition) is 3. The number of hydrogen-bond donors (Lipinski definition) is 0. The summed E-state index contributed by atoms with van der Waals surface area (Å²) >= 11 is 0. The van der Waals surface area contributed by atoms with Gasteiger partial charge in [0.2, 0.25) is 5.91 Å². The molecule has 2 fully saturated rings. The van der Waals surface area contributed by atoms with Crippen molar-refractivity contribution >= 4 is 11.8 Å². The fraction of sp³-hybridized carbons (Fsp3) is 0.462. The zero-order valence-electron chi connectivity index (χ0n) is 18.5. The minimum Gasteiger partial charge on any atom is -0.368 e. The van der Waals surface area contributed by atoms with E-state index in [0.29, 0.717) is 26.1 Å². The Labute approximate surface area is 185 Å². The Morgan fingerprint density at radius 1 is 1.06 bits per heavy atom. The van der Waals surface area contributed by atoms with Gasteiger partial charge in [0.05, 0.1) is 5.41 Å². The van der Waals surface area contributed by atoms with Gasteiger partial charge in [-0.3, -0.25) is 9.59 Å². The van der Waals surface area contributed by atoms with Gasteiger partial charge in [-0.1, -0.05) is 54.6 Å². The lowest BCUT2D eigenvalue weighted by molar-refractivity contribution is -0.151. The molecule has 2 aliphatic rings. The number of ether oxygens (including phenoxy) is 1. The molecule has 2 atom stereocenters. The quantitative estimate of drug-likeness (QED) is 0.740. The Balaban J connectivity index is 1.61. The van der Waals surface area contributed by atoms with Crippen molar-refractivity contribution in [1.82, 2.24) is 9.80 Å². The highest BCUT2D eigenvalue weighted by Gasteiger charge is 2.45. The summed E-state index contributed by atoms with van der Waals surface area (Å²) in [7, 11) is 3.62. The first-order chi connectivity index (χ1) is 15.0. The van der Waals surface area contributed by atoms with Crippen molar-refractivity contribution in [2.45, 2.75) is 38.2 Å². The Morgan fingerprint density at radius 2 is 1.84 bits per heavy atom. The molecule has 2 aromatic carbocycles. The molecular formula is C26H32N2O3. The van der Waals surface area contributed by atoms with Crippen molar-refractivity contribution in [3.8, 4) is 11.1 Å². The van der Waals surface area contributed by atoms with E-state index >= 15 is 0 Å². The van der Waals surface area contributed by atoms with E-state index in [1.165, 1.54) is 0 Å². The summed E-state index contributed by atoms with van der Waals surface area (Å²) in [5.41, 5.74) is 2.83. The maximum atomic E-state index is 13.4. The van der Waals surface area contributed by atoms with Crippen LogP contribution in [0.3, 0.4) is 0 Å². The van der Waals surface area contributed by atoms with Crippen LogP contribution in [0.5, 0.6) is 0 Å². The minimum absolute atomic E-state index is 0.0474. The second-order valence-corrected chi connectivity index (χ2v) is 9.09. The third-order valence-electron chi connectivity index (χ3n) is 6.53. The normalized spacial score (nSPS) is 23.5. The largest absolute Gasteiger partial charge is 0.368 e. The number of likely N-dealkylation sites (tertiary alicyclic amines) is 1. The molecule has 5 heteroatoms. The summed E-state index contributed by atoms with van der Waals surface area (Å²) in [5.74, 6) is 0.147. The monoisotopic (exact) mass is 420 g/mol. The molecule has 0 N–H and O–H groups in total. The lowest BCUT2D eigenvalue weighted by Gasteiger charge is -2.43. The Hall–Kier alpha value is -2.66. The molecule has 0 radical (unpaired) electrons. The second-order valence-electron chi connectivity index (χ2n) is 9.09. The van der Waals surface area contributed by atoms with E-state index in [1.807, 2.05) is 37.2 Å². The van der Waals surface area contributed by atoms with Gasteiger partial charge in [-0.2, -0.15) is 0 Å². The molecule has 31 heavy (non-hydrogen) atoms. The molecule has 2 aliphatic heterocycles. The maximum Gasteiger partial charge on any atom is 0.251 e. The number of nitrogens with zero attached hydrogens (tertiary/aromatic N) is 2. The van der Waals surface area contributed by atoms with E-state index in [9.17, 15) is 9.59 Å². The van der Waals surface area contributed by atoms with Crippen molar-refractivity contribution < 1.29 is 14.3 Å². The molecule has 0 saturated carbocycles. The first-order valence-electron chi connectivity index (χ1n) is 11.2. The van der Waals surface area contributed by atoms with Crippen molar-refractivity contribution in [3.63, 3.8) is 0 Å². The van der Waals surface area contributed by atoms with Gasteiger partial charge < -0.3 is 14.5 Å². The number of carbonyl (C=O) groups excluding carboxylic acids is 2. The summed E-state index contributed by atoms with van der Waals surface area (Å²) in [6.07, 6.45) is 3.61. The van der Waals surface area contributed by atoms with Crippen LogP contribution < -0.4 is 0 Å². The molecule has 5 nitrogen and oxygen atoms in total. The van der Waals surface area contributed by atoms with Gasteiger partial charge in [-0.25, -0.2) is 0 Å². The van der Waals surface area contributed by atoms with E-state index < -0.39 is 5.41 Å². The predicted octanol–water partition coefficient (Wildman–Crippen LogP) is 3.77. The summed E-state index contributed by atoms with van der Waals surface area (Å²) in [6, 6.07) is 18.7. The van der Waals surface area contributed by atoms with Crippen molar-refractivity contribution in [3.05, 3.63) is 60.2 Å². The smallest absolute Gasteiger partial charge is 0.251 e. The van der Waals surface area contributed by atoms with Crippen LogP contribution in [0.25, 0.3) is 11.1 Å². The number of rotatable bonds is 5. The van der Waals surface area contributed by atoms with Crippen molar-refractivity contribution in [2.75, 3.05) is 33.8 Å². The van der Waals surface area contributed by atoms with Crippen LogP contribution in [0, 0.1) is 5.41 Å². The molecule has 0 spiro atoms. The van der Waals surface area contributed by atoms with Crippen molar-refractivity contribution in [1.29, 1.82) is 0 Å². The molecule has 0 aliphatic carbocycles. The second kappa shape index (κ2) is 9.23. The lowest BCUT2D eigenvalue weighted by Crippen LogP contribution is -2.55. The zero-order chi connectivity index (χ0) is 21.8. The van der Waals surface area contributed by atoms with Crippen LogP contribution in [-0.4, -0.2) is 61.5 Å². The molecule has 0 unspecified atom stereocenters. The van der Waals surface area contributed by atoms with Gasteiger partial charge in [-0.15, -0.1) is 0 Å². The van der Waals surface area contributed by atoms with Gasteiger partial charge >= 0.3 is 0 Å². The first-order valence-corrected chi connectivity index (χ1v) is 11.2. The van der Waals surface area contributed by atoms with Gasteiger partial charge in [0.15, 0.2) is 0 Å². The SMILES string of the molecule is CN(C)C(=O)[C@]1(Cc2cccc(-c3ccccc3)c2)CCCN(C(=O)[C@H]2CCCO2)C1. The lowest BCUT2D eigenvalue weighted by atomic mass is 9.73. The van der Waals surface area contributed by atoms with Gasteiger partial charge in [-0.05, 0) is 48.8 Å². The molecule has 2 heterocycles. The van der Waals surface area contributed by atoms with Crippen LogP contribution in [0.4, 0.5) is 0 Å². The third kappa shape index (κ3) is 4.67. The molecule has 2 aromatic rings. The fourth-order valence-corrected chi connectivity index (χ4v) is 5.05. The first kappa shape index (κ1) is 21.6. The predicted molar refractivity (Wildman–Crippen MR) is 121 cm³/mol. The van der Waals surface area contributed by atoms with Gasteiger partial charge in [0.25, 0.3) is 5.91 Å². The topological polar surface area (TPSA) is 49.9 Å². The van der Waals surface area contributed by atoms with E-state index in [1.54, 1.807) is 4.90 Å². The fourth-order valence-electron chi connectivity index (χ4n) is 5.05.